The van der Waals surface area contributed by atoms with Crippen LogP contribution in [0, 0.1) is 12.8 Å². The van der Waals surface area contributed by atoms with E-state index in [4.69, 9.17) is 4.98 Å². The summed E-state index contributed by atoms with van der Waals surface area (Å²) in [5, 5.41) is 3.16. The summed E-state index contributed by atoms with van der Waals surface area (Å²) in [4.78, 5) is 20.0. The number of fused-ring (bicyclic) bond motifs is 1. The molecule has 1 fully saturated rings. The average molecular weight is 465 g/mol. The summed E-state index contributed by atoms with van der Waals surface area (Å²) in [6.07, 6.45) is 4.03. The fraction of sp³-hybridized carbons (Fsp3) is 0.481. The van der Waals surface area contributed by atoms with E-state index in [0.29, 0.717) is 0 Å². The average Bonchev–Trinajstić information content (AvgIpc) is 3.21. The van der Waals surface area contributed by atoms with Gasteiger partial charge in [-0.15, -0.1) is 0 Å². The first kappa shape index (κ1) is 23.7. The quantitative estimate of drug-likeness (QED) is 0.416. The molecule has 1 aliphatic heterocycles. The van der Waals surface area contributed by atoms with E-state index in [1.807, 2.05) is 11.8 Å². The molecule has 1 saturated heterocycles. The number of piperidine rings is 1. The van der Waals surface area contributed by atoms with Crippen LogP contribution in [0.4, 0.5) is 5.95 Å². The van der Waals surface area contributed by atoms with Crippen molar-refractivity contribution in [1.29, 1.82) is 0 Å². The van der Waals surface area contributed by atoms with E-state index in [9.17, 15) is 4.79 Å². The number of carbonyl (C=O) groups is 1. The van der Waals surface area contributed by atoms with Crippen LogP contribution in [-0.4, -0.2) is 46.6 Å². The van der Waals surface area contributed by atoms with Crippen LogP contribution in [0.5, 0.6) is 0 Å². The molecule has 0 saturated carbocycles. The summed E-state index contributed by atoms with van der Waals surface area (Å²) in [5.41, 5.74) is 4.80. The zero-order chi connectivity index (χ0) is 23.0. The summed E-state index contributed by atoms with van der Waals surface area (Å²) in [7, 11) is 0. The van der Waals surface area contributed by atoms with E-state index in [2.05, 4.69) is 77.2 Å². The maximum Gasteiger partial charge on any atom is 0.223 e. The molecule has 176 valence electrons. The smallest absolute Gasteiger partial charge is 0.223 e. The van der Waals surface area contributed by atoms with Crippen molar-refractivity contribution in [2.24, 2.45) is 5.92 Å². The Morgan fingerprint density at radius 1 is 1.09 bits per heavy atom. The topological polar surface area (TPSA) is 50.2 Å². The van der Waals surface area contributed by atoms with Gasteiger partial charge in [-0.2, -0.15) is 11.8 Å². The molecule has 1 N–H and O–H groups in total. The van der Waals surface area contributed by atoms with Crippen LogP contribution in [-0.2, 0) is 11.3 Å². The van der Waals surface area contributed by atoms with E-state index in [0.717, 1.165) is 68.2 Å². The summed E-state index contributed by atoms with van der Waals surface area (Å²) < 4.78 is 2.34. The number of carbonyl (C=O) groups excluding carboxylic acids is 1. The van der Waals surface area contributed by atoms with Gasteiger partial charge in [0.15, 0.2) is 0 Å². The number of thioether (sulfide) groups is 1. The maximum atomic E-state index is 12.7. The zero-order valence-corrected chi connectivity index (χ0v) is 20.7. The van der Waals surface area contributed by atoms with Gasteiger partial charge in [0, 0.05) is 25.6 Å². The Bertz CT molecular complexity index is 1060. The Labute approximate surface area is 202 Å². The molecule has 0 spiro atoms. The summed E-state index contributed by atoms with van der Waals surface area (Å²) >= 11 is 1.98. The van der Waals surface area contributed by atoms with Crippen molar-refractivity contribution in [3.05, 3.63) is 59.7 Å². The second-order valence-corrected chi connectivity index (χ2v) is 10.2. The first-order chi connectivity index (χ1) is 16.2. The molecule has 3 aromatic rings. The fourth-order valence-corrected chi connectivity index (χ4v) is 5.38. The number of amides is 1. The number of imidazole rings is 1. The highest BCUT2D eigenvalue weighted by atomic mass is 32.2. The molecule has 1 aliphatic rings. The lowest BCUT2D eigenvalue weighted by atomic mass is 9.96. The molecule has 0 aliphatic carbocycles. The standard InChI is InChI=1S/C27H36N4OS/c1-3-18-33-19-8-15-28-26(32)22-13-16-30(17-14-22)27-29-24-11-6-7-12-25(24)31(27)20-23-10-5-4-9-21(23)2/h4-7,9-12,22H,3,8,13-20H2,1-2H3,(H,28,32). The molecule has 1 aromatic heterocycles. The molecule has 0 radical (unpaired) electrons. The lowest BCUT2D eigenvalue weighted by molar-refractivity contribution is -0.125. The monoisotopic (exact) mass is 464 g/mol. The number of benzene rings is 2. The van der Waals surface area contributed by atoms with Crippen LogP contribution < -0.4 is 10.2 Å². The molecule has 6 heteroatoms. The van der Waals surface area contributed by atoms with Crippen LogP contribution >= 0.6 is 11.8 Å². The van der Waals surface area contributed by atoms with Crippen LogP contribution in [0.2, 0.25) is 0 Å². The highest BCUT2D eigenvalue weighted by Gasteiger charge is 2.27. The Morgan fingerprint density at radius 2 is 1.85 bits per heavy atom. The van der Waals surface area contributed by atoms with Crippen molar-refractivity contribution in [2.45, 2.75) is 46.1 Å². The van der Waals surface area contributed by atoms with E-state index >= 15 is 0 Å². The van der Waals surface area contributed by atoms with E-state index in [1.165, 1.54) is 23.3 Å². The van der Waals surface area contributed by atoms with Gasteiger partial charge >= 0.3 is 0 Å². The lowest BCUT2D eigenvalue weighted by Gasteiger charge is -2.32. The van der Waals surface area contributed by atoms with Crippen molar-refractivity contribution < 1.29 is 4.79 Å². The van der Waals surface area contributed by atoms with Crippen LogP contribution in [0.15, 0.2) is 48.5 Å². The van der Waals surface area contributed by atoms with Gasteiger partial charge in [0.25, 0.3) is 0 Å². The Balaban J connectivity index is 1.40. The molecular weight excluding hydrogens is 428 g/mol. The number of hydrogen-bond acceptors (Lipinski definition) is 4. The minimum absolute atomic E-state index is 0.110. The Morgan fingerprint density at radius 3 is 2.64 bits per heavy atom. The lowest BCUT2D eigenvalue weighted by Crippen LogP contribution is -2.41. The molecular formula is C27H36N4OS. The maximum absolute atomic E-state index is 12.7. The van der Waals surface area contributed by atoms with Gasteiger partial charge < -0.3 is 14.8 Å². The van der Waals surface area contributed by atoms with Crippen molar-refractivity contribution in [3.8, 4) is 0 Å². The number of nitrogens with one attached hydrogen (secondary N) is 1. The number of aryl methyl sites for hydroxylation is 1. The predicted molar refractivity (Wildman–Crippen MR) is 140 cm³/mol. The molecule has 0 atom stereocenters. The fourth-order valence-electron chi connectivity index (χ4n) is 4.54. The van der Waals surface area contributed by atoms with Gasteiger partial charge in [-0.05, 0) is 67.4 Å². The summed E-state index contributed by atoms with van der Waals surface area (Å²) in [6, 6.07) is 16.9. The Kier molecular flexibility index (Phi) is 8.32. The number of rotatable bonds is 10. The molecule has 2 heterocycles. The van der Waals surface area contributed by atoms with Gasteiger partial charge in [0.1, 0.15) is 0 Å². The molecule has 4 rings (SSSR count). The van der Waals surface area contributed by atoms with Gasteiger partial charge in [-0.3, -0.25) is 4.79 Å². The van der Waals surface area contributed by atoms with E-state index in [1.54, 1.807) is 0 Å². The predicted octanol–water partition coefficient (Wildman–Crippen LogP) is 5.26. The van der Waals surface area contributed by atoms with Gasteiger partial charge in [-0.1, -0.05) is 43.3 Å². The summed E-state index contributed by atoms with van der Waals surface area (Å²) in [5.74, 6) is 3.69. The number of anilines is 1. The Hall–Kier alpha value is -2.47. The third kappa shape index (κ3) is 5.91. The molecule has 1 amide bonds. The van der Waals surface area contributed by atoms with Crippen LogP contribution in [0.3, 0.4) is 0 Å². The first-order valence-electron chi connectivity index (χ1n) is 12.3. The largest absolute Gasteiger partial charge is 0.356 e. The number of aromatic nitrogens is 2. The van der Waals surface area contributed by atoms with Crippen molar-refractivity contribution >= 4 is 34.7 Å². The van der Waals surface area contributed by atoms with Gasteiger partial charge in [0.05, 0.1) is 17.6 Å². The highest BCUT2D eigenvalue weighted by Crippen LogP contribution is 2.28. The first-order valence-corrected chi connectivity index (χ1v) is 13.4. The van der Waals surface area contributed by atoms with Crippen LogP contribution in [0.1, 0.15) is 43.7 Å². The van der Waals surface area contributed by atoms with Gasteiger partial charge in [-0.25, -0.2) is 4.98 Å². The third-order valence-electron chi connectivity index (χ3n) is 6.49. The third-order valence-corrected chi connectivity index (χ3v) is 7.76. The van der Waals surface area contributed by atoms with E-state index in [-0.39, 0.29) is 11.8 Å². The minimum atomic E-state index is 0.110. The highest BCUT2D eigenvalue weighted by molar-refractivity contribution is 7.99. The second kappa shape index (κ2) is 11.6. The van der Waals surface area contributed by atoms with Crippen molar-refractivity contribution in [2.75, 3.05) is 36.0 Å². The number of para-hydroxylation sites is 2. The van der Waals surface area contributed by atoms with Crippen molar-refractivity contribution in [3.63, 3.8) is 0 Å². The SMILES string of the molecule is CCCSCCCNC(=O)C1CCN(c2nc3ccccc3n2Cc2ccccc2C)CC1. The van der Waals surface area contributed by atoms with Crippen molar-refractivity contribution in [1.82, 2.24) is 14.9 Å². The molecule has 0 bridgehead atoms. The molecule has 33 heavy (non-hydrogen) atoms. The number of nitrogens with zero attached hydrogens (tertiary/aromatic N) is 3. The molecule has 5 nitrogen and oxygen atoms in total. The molecule has 2 aromatic carbocycles. The second-order valence-electron chi connectivity index (χ2n) is 8.93. The molecule has 0 unspecified atom stereocenters. The van der Waals surface area contributed by atoms with E-state index < -0.39 is 0 Å². The van der Waals surface area contributed by atoms with Gasteiger partial charge in [0.2, 0.25) is 11.9 Å². The number of hydrogen-bond donors (Lipinski definition) is 1. The normalized spacial score (nSPS) is 14.7. The van der Waals surface area contributed by atoms with Crippen LogP contribution in [0.25, 0.3) is 11.0 Å². The summed E-state index contributed by atoms with van der Waals surface area (Å²) in [6.45, 7) is 7.70. The zero-order valence-electron chi connectivity index (χ0n) is 19.9. The minimum Gasteiger partial charge on any atom is -0.356 e.